The number of benzene rings is 3. The van der Waals surface area contributed by atoms with Crippen LogP contribution in [0.2, 0.25) is 5.02 Å². The Balaban J connectivity index is 1.43. The summed E-state index contributed by atoms with van der Waals surface area (Å²) in [7, 11) is 0. The normalized spacial score (nSPS) is 23.8. The lowest BCUT2D eigenvalue weighted by Crippen LogP contribution is -2.46. The molecule has 0 bridgehead atoms. The summed E-state index contributed by atoms with van der Waals surface area (Å²) in [6.45, 7) is 0. The van der Waals surface area contributed by atoms with Gasteiger partial charge in [0.2, 0.25) is 11.8 Å². The molecule has 0 aliphatic carbocycles. The van der Waals surface area contributed by atoms with Crippen molar-refractivity contribution in [2.24, 2.45) is 11.8 Å². The lowest BCUT2D eigenvalue weighted by atomic mass is 9.85. The van der Waals surface area contributed by atoms with Crippen LogP contribution >= 0.6 is 11.6 Å². The van der Waals surface area contributed by atoms with Gasteiger partial charge in [0.05, 0.1) is 23.6 Å². The highest BCUT2D eigenvalue weighted by Gasteiger charge is 2.63. The fourth-order valence-corrected chi connectivity index (χ4v) is 5.71. The van der Waals surface area contributed by atoms with Gasteiger partial charge >= 0.3 is 0 Å². The maximum atomic E-state index is 13.8. The number of rotatable bonds is 5. The first kappa shape index (κ1) is 24.0. The standard InChI is InChI=1S/C30H20ClFN2O4/c31-20-8-6-18(7-9-20)28(36)26-25-24(29(37)34(30(25)38)22-12-10-21(32)11-13-22)23-16-19(14-15-33(23)26)27(35)17-4-2-1-3-5-17/h1-16,23-26H/t23-,24+,25-,26-/m1/s1. The summed E-state index contributed by atoms with van der Waals surface area (Å²) in [6, 6.07) is 18.5. The summed E-state index contributed by atoms with van der Waals surface area (Å²) >= 11 is 6.01. The minimum absolute atomic E-state index is 0.224. The SMILES string of the molecule is O=C(C1=C[C@@H]2[C@@H]3C(=O)N(c4ccc(F)cc4)C(=O)[C@H]3[C@H](C(=O)c3ccc(Cl)cc3)N2C=C1)c1ccccc1. The number of fused-ring (bicyclic) bond motifs is 3. The van der Waals surface area contributed by atoms with E-state index in [9.17, 15) is 23.6 Å². The lowest BCUT2D eigenvalue weighted by molar-refractivity contribution is -0.123. The van der Waals surface area contributed by atoms with Crippen LogP contribution in [-0.2, 0) is 9.59 Å². The Bertz CT molecular complexity index is 1530. The number of imide groups is 1. The van der Waals surface area contributed by atoms with Gasteiger partial charge < -0.3 is 4.90 Å². The molecule has 3 aliphatic rings. The average Bonchev–Trinajstić information content (AvgIpc) is 3.41. The van der Waals surface area contributed by atoms with E-state index in [0.717, 1.165) is 4.90 Å². The number of hydrogen-bond acceptors (Lipinski definition) is 5. The van der Waals surface area contributed by atoms with E-state index in [1.807, 2.05) is 6.07 Å². The number of Topliss-reactive ketones (excluding diaryl/α,β-unsaturated/α-hetero) is 2. The minimum atomic E-state index is -0.993. The van der Waals surface area contributed by atoms with Crippen LogP contribution in [0, 0.1) is 17.7 Å². The van der Waals surface area contributed by atoms with Crippen molar-refractivity contribution in [3.8, 4) is 0 Å². The van der Waals surface area contributed by atoms with Gasteiger partial charge in [-0.15, -0.1) is 0 Å². The maximum Gasteiger partial charge on any atom is 0.240 e. The Morgan fingerprint density at radius 1 is 0.789 bits per heavy atom. The molecular formula is C30H20ClFN2O4. The molecule has 3 aliphatic heterocycles. The van der Waals surface area contributed by atoms with Crippen LogP contribution in [0.25, 0.3) is 0 Å². The molecule has 6 rings (SSSR count). The van der Waals surface area contributed by atoms with Crippen molar-refractivity contribution in [3.63, 3.8) is 0 Å². The summed E-state index contributed by atoms with van der Waals surface area (Å²) in [5, 5.41) is 0.461. The number of ketones is 2. The van der Waals surface area contributed by atoms with Gasteiger partial charge in [-0.2, -0.15) is 0 Å². The molecule has 0 radical (unpaired) electrons. The van der Waals surface area contributed by atoms with Crippen molar-refractivity contribution in [2.45, 2.75) is 12.1 Å². The van der Waals surface area contributed by atoms with Gasteiger partial charge in [-0.25, -0.2) is 9.29 Å². The summed E-state index contributed by atoms with van der Waals surface area (Å²) in [6.07, 6.45) is 4.91. The number of allylic oxidation sites excluding steroid dienone is 2. The van der Waals surface area contributed by atoms with Crippen molar-refractivity contribution < 1.29 is 23.6 Å². The van der Waals surface area contributed by atoms with Crippen molar-refractivity contribution in [1.29, 1.82) is 0 Å². The number of anilines is 1. The third-order valence-electron chi connectivity index (χ3n) is 7.33. The summed E-state index contributed by atoms with van der Waals surface area (Å²) < 4.78 is 13.6. The molecule has 8 heteroatoms. The van der Waals surface area contributed by atoms with Crippen LogP contribution in [0.1, 0.15) is 20.7 Å². The highest BCUT2D eigenvalue weighted by Crippen LogP contribution is 2.47. The van der Waals surface area contributed by atoms with E-state index in [2.05, 4.69) is 0 Å². The average molecular weight is 527 g/mol. The molecule has 0 saturated carbocycles. The molecule has 0 unspecified atom stereocenters. The zero-order valence-corrected chi connectivity index (χ0v) is 20.6. The summed E-state index contributed by atoms with van der Waals surface area (Å²) in [4.78, 5) is 57.2. The van der Waals surface area contributed by atoms with Gasteiger partial charge in [-0.3, -0.25) is 19.2 Å². The van der Waals surface area contributed by atoms with Gasteiger partial charge in [-0.1, -0.05) is 48.0 Å². The third kappa shape index (κ3) is 3.78. The van der Waals surface area contributed by atoms with Crippen LogP contribution in [0.3, 0.4) is 0 Å². The first-order valence-electron chi connectivity index (χ1n) is 12.1. The van der Waals surface area contributed by atoms with E-state index in [-0.39, 0.29) is 17.3 Å². The fraction of sp³-hybridized carbons (Fsp3) is 0.133. The van der Waals surface area contributed by atoms with Crippen molar-refractivity contribution in [1.82, 2.24) is 4.90 Å². The van der Waals surface area contributed by atoms with Crippen LogP contribution in [0.15, 0.2) is 103 Å². The van der Waals surface area contributed by atoms with Gasteiger partial charge in [0, 0.05) is 27.9 Å². The van der Waals surface area contributed by atoms with Crippen LogP contribution in [-0.4, -0.2) is 40.4 Å². The number of hydrogen-bond donors (Lipinski definition) is 0. The van der Waals surface area contributed by atoms with Crippen LogP contribution in [0.4, 0.5) is 10.1 Å². The van der Waals surface area contributed by atoms with E-state index in [4.69, 9.17) is 11.6 Å². The molecule has 3 aromatic carbocycles. The van der Waals surface area contributed by atoms with E-state index < -0.39 is 41.6 Å². The predicted molar refractivity (Wildman–Crippen MR) is 139 cm³/mol. The van der Waals surface area contributed by atoms with Crippen molar-refractivity contribution in [2.75, 3.05) is 4.90 Å². The maximum absolute atomic E-state index is 13.8. The molecule has 188 valence electrons. The Morgan fingerprint density at radius 2 is 1.45 bits per heavy atom. The Kier molecular flexibility index (Phi) is 5.80. The molecule has 0 spiro atoms. The molecule has 2 saturated heterocycles. The molecule has 38 heavy (non-hydrogen) atoms. The monoisotopic (exact) mass is 526 g/mol. The first-order valence-corrected chi connectivity index (χ1v) is 12.4. The number of amides is 2. The molecule has 0 aromatic heterocycles. The molecule has 3 heterocycles. The molecule has 6 nitrogen and oxygen atoms in total. The minimum Gasteiger partial charge on any atom is -0.359 e. The lowest BCUT2D eigenvalue weighted by Gasteiger charge is -2.32. The van der Waals surface area contributed by atoms with E-state index >= 15 is 0 Å². The second-order valence-electron chi connectivity index (χ2n) is 9.43. The second kappa shape index (κ2) is 9.19. The van der Waals surface area contributed by atoms with Crippen LogP contribution < -0.4 is 4.90 Å². The fourth-order valence-electron chi connectivity index (χ4n) is 5.58. The van der Waals surface area contributed by atoms with Gasteiger partial charge in [0.1, 0.15) is 11.9 Å². The summed E-state index contributed by atoms with van der Waals surface area (Å²) in [5.74, 6) is -3.99. The van der Waals surface area contributed by atoms with Crippen molar-refractivity contribution in [3.05, 3.63) is 125 Å². The molecular weight excluding hydrogens is 507 g/mol. The molecule has 2 amide bonds. The summed E-state index contributed by atoms with van der Waals surface area (Å²) in [5.41, 5.74) is 1.44. The Hall–Kier alpha value is -4.36. The number of carbonyl (C=O) groups excluding carboxylic acids is 4. The predicted octanol–water partition coefficient (Wildman–Crippen LogP) is 4.86. The third-order valence-corrected chi connectivity index (χ3v) is 7.58. The first-order chi connectivity index (χ1) is 18.3. The van der Waals surface area contributed by atoms with E-state index in [1.165, 1.54) is 24.3 Å². The Morgan fingerprint density at radius 3 is 2.13 bits per heavy atom. The van der Waals surface area contributed by atoms with Gasteiger partial charge in [0.25, 0.3) is 0 Å². The van der Waals surface area contributed by atoms with E-state index in [0.29, 0.717) is 21.7 Å². The highest BCUT2D eigenvalue weighted by atomic mass is 35.5. The number of carbonyl (C=O) groups is 4. The Labute approximate surface area is 222 Å². The zero-order chi connectivity index (χ0) is 26.6. The smallest absolute Gasteiger partial charge is 0.240 e. The van der Waals surface area contributed by atoms with Crippen LogP contribution in [0.5, 0.6) is 0 Å². The number of halogens is 2. The highest BCUT2D eigenvalue weighted by molar-refractivity contribution is 6.30. The van der Waals surface area contributed by atoms with Gasteiger partial charge in [-0.05, 0) is 54.6 Å². The quantitative estimate of drug-likeness (QED) is 0.351. The molecule has 3 aromatic rings. The topological polar surface area (TPSA) is 74.8 Å². The molecule has 4 atom stereocenters. The zero-order valence-electron chi connectivity index (χ0n) is 19.8. The second-order valence-corrected chi connectivity index (χ2v) is 9.86. The van der Waals surface area contributed by atoms with Gasteiger partial charge in [0.15, 0.2) is 11.6 Å². The number of nitrogens with zero attached hydrogens (tertiary/aromatic N) is 2. The molecule has 2 fully saturated rings. The van der Waals surface area contributed by atoms with Crippen molar-refractivity contribution >= 4 is 40.7 Å². The van der Waals surface area contributed by atoms with E-state index in [1.54, 1.807) is 71.8 Å². The molecule has 0 N–H and O–H groups in total. The largest absolute Gasteiger partial charge is 0.359 e.